The lowest BCUT2D eigenvalue weighted by molar-refractivity contribution is -0.263. The molecule has 0 unspecified atom stereocenters. The van der Waals surface area contributed by atoms with Crippen LogP contribution < -0.4 is 5.32 Å². The van der Waals surface area contributed by atoms with Gasteiger partial charge < -0.3 is 5.32 Å². The van der Waals surface area contributed by atoms with Gasteiger partial charge in [-0.2, -0.15) is 0 Å². The number of nitrogens with one attached hydrogen (secondary N) is 1. The Morgan fingerprint density at radius 1 is 1.15 bits per heavy atom. The Morgan fingerprint density at radius 2 is 1.65 bits per heavy atom. The van der Waals surface area contributed by atoms with Crippen LogP contribution in [0.1, 0.15) is 27.7 Å². The molecule has 1 saturated heterocycles. The van der Waals surface area contributed by atoms with E-state index in [0.717, 1.165) is 4.90 Å². The standard InChI is InChI=1S/C10H19N2O7P/c1-5-16-18-20(15,19-17-6-2)7-12-8(13)10(3,4)11-9(12)14/h5-7H2,1-4H3,(H,11,14). The van der Waals surface area contributed by atoms with Crippen molar-refractivity contribution >= 4 is 19.5 Å². The number of hydrogen-bond acceptors (Lipinski definition) is 7. The van der Waals surface area contributed by atoms with Crippen LogP contribution in [-0.4, -0.2) is 41.9 Å². The molecule has 0 aromatic heterocycles. The van der Waals surface area contributed by atoms with E-state index < -0.39 is 31.4 Å². The molecule has 1 N–H and O–H groups in total. The van der Waals surface area contributed by atoms with Crippen molar-refractivity contribution in [1.82, 2.24) is 10.2 Å². The average Bonchev–Trinajstić information content (AvgIpc) is 2.56. The van der Waals surface area contributed by atoms with Gasteiger partial charge in [0.2, 0.25) is 0 Å². The molecule has 9 nitrogen and oxygen atoms in total. The third-order valence-corrected chi connectivity index (χ3v) is 3.62. The molecule has 20 heavy (non-hydrogen) atoms. The first-order valence-corrected chi connectivity index (χ1v) is 7.84. The first kappa shape index (κ1) is 17.1. The normalized spacial score (nSPS) is 18.5. The lowest BCUT2D eigenvalue weighted by Crippen LogP contribution is -2.40. The first-order valence-electron chi connectivity index (χ1n) is 6.11. The number of carbonyl (C=O) groups is 2. The summed E-state index contributed by atoms with van der Waals surface area (Å²) in [5.41, 5.74) is -1.07. The molecule has 0 aromatic rings. The van der Waals surface area contributed by atoms with Crippen molar-refractivity contribution in [3.8, 4) is 0 Å². The van der Waals surface area contributed by atoms with Gasteiger partial charge in [0.1, 0.15) is 11.8 Å². The Hall–Kier alpha value is -0.990. The zero-order valence-electron chi connectivity index (χ0n) is 11.9. The van der Waals surface area contributed by atoms with E-state index in [1.165, 1.54) is 13.8 Å². The van der Waals surface area contributed by atoms with Crippen LogP contribution in [0, 0.1) is 0 Å². The highest BCUT2D eigenvalue weighted by Crippen LogP contribution is 2.49. The van der Waals surface area contributed by atoms with Crippen molar-refractivity contribution in [3.05, 3.63) is 0 Å². The van der Waals surface area contributed by atoms with Crippen molar-refractivity contribution in [3.63, 3.8) is 0 Å². The Labute approximate surface area is 116 Å². The smallest absolute Gasteiger partial charge is 0.324 e. The molecule has 1 fully saturated rings. The van der Waals surface area contributed by atoms with Crippen LogP contribution in [-0.2, 0) is 28.5 Å². The second-order valence-electron chi connectivity index (χ2n) is 4.50. The Balaban J connectivity index is 2.81. The number of rotatable bonds is 8. The molecule has 1 aliphatic heterocycles. The van der Waals surface area contributed by atoms with E-state index in [9.17, 15) is 14.2 Å². The third-order valence-electron chi connectivity index (χ3n) is 2.33. The van der Waals surface area contributed by atoms with Gasteiger partial charge in [0.25, 0.3) is 5.91 Å². The fourth-order valence-corrected chi connectivity index (χ4v) is 2.70. The van der Waals surface area contributed by atoms with E-state index in [1.54, 1.807) is 13.8 Å². The third kappa shape index (κ3) is 4.00. The van der Waals surface area contributed by atoms with Crippen molar-refractivity contribution in [2.75, 3.05) is 19.5 Å². The largest absolute Gasteiger partial charge is 0.403 e. The van der Waals surface area contributed by atoms with Crippen LogP contribution in [0.15, 0.2) is 0 Å². The fraction of sp³-hybridized carbons (Fsp3) is 0.800. The summed E-state index contributed by atoms with van der Waals surface area (Å²) in [6.07, 6.45) is -0.596. The maximum atomic E-state index is 12.3. The lowest BCUT2D eigenvalue weighted by Gasteiger charge is -2.20. The molecule has 116 valence electrons. The van der Waals surface area contributed by atoms with Crippen LogP contribution in [0.4, 0.5) is 4.79 Å². The molecule has 0 aromatic carbocycles. The number of amides is 3. The van der Waals surface area contributed by atoms with Crippen molar-refractivity contribution < 1.29 is 33.3 Å². The molecular weight excluding hydrogens is 291 g/mol. The van der Waals surface area contributed by atoms with E-state index in [-0.39, 0.29) is 13.2 Å². The highest BCUT2D eigenvalue weighted by Gasteiger charge is 2.48. The molecule has 10 heteroatoms. The second-order valence-corrected chi connectivity index (χ2v) is 6.31. The molecule has 0 radical (unpaired) electrons. The monoisotopic (exact) mass is 310 g/mol. The van der Waals surface area contributed by atoms with E-state index in [2.05, 4.69) is 24.4 Å². The molecule has 0 saturated carbocycles. The zero-order valence-corrected chi connectivity index (χ0v) is 12.8. The second kappa shape index (κ2) is 6.64. The van der Waals surface area contributed by atoms with Crippen LogP contribution >= 0.6 is 7.60 Å². The Morgan fingerprint density at radius 3 is 2.00 bits per heavy atom. The van der Waals surface area contributed by atoms with Crippen molar-refractivity contribution in [2.45, 2.75) is 33.2 Å². The van der Waals surface area contributed by atoms with Crippen LogP contribution in [0.25, 0.3) is 0 Å². The highest BCUT2D eigenvalue weighted by atomic mass is 31.2. The number of imide groups is 1. The molecule has 3 amide bonds. The molecule has 0 atom stereocenters. The highest BCUT2D eigenvalue weighted by molar-refractivity contribution is 7.53. The fourth-order valence-electron chi connectivity index (χ4n) is 1.45. The maximum absolute atomic E-state index is 12.3. The van der Waals surface area contributed by atoms with Gasteiger partial charge >= 0.3 is 13.6 Å². The number of urea groups is 1. The Kier molecular flexibility index (Phi) is 5.67. The van der Waals surface area contributed by atoms with Gasteiger partial charge in [0.15, 0.2) is 0 Å². The van der Waals surface area contributed by atoms with Crippen LogP contribution in [0.5, 0.6) is 0 Å². The predicted molar refractivity (Wildman–Crippen MR) is 67.4 cm³/mol. The molecular formula is C10H19N2O7P. The molecule has 1 heterocycles. The molecule has 0 spiro atoms. The minimum atomic E-state index is -3.93. The molecule has 1 rings (SSSR count). The summed E-state index contributed by atoms with van der Waals surface area (Å²) in [6.45, 7) is 6.52. The summed E-state index contributed by atoms with van der Waals surface area (Å²) in [6, 6.07) is -0.680. The van der Waals surface area contributed by atoms with Gasteiger partial charge in [0.05, 0.1) is 13.2 Å². The summed E-state index contributed by atoms with van der Waals surface area (Å²) >= 11 is 0. The SMILES string of the molecule is CCOOP(=O)(CN1C(=O)NC(C)(C)C1=O)OOCC. The first-order chi connectivity index (χ1) is 9.25. The lowest BCUT2D eigenvalue weighted by atomic mass is 10.1. The quantitative estimate of drug-likeness (QED) is 0.313. The van der Waals surface area contributed by atoms with Crippen molar-refractivity contribution in [1.29, 1.82) is 0 Å². The summed E-state index contributed by atoms with van der Waals surface area (Å²) in [5, 5.41) is 2.45. The van der Waals surface area contributed by atoms with E-state index in [4.69, 9.17) is 0 Å². The van der Waals surface area contributed by atoms with Crippen LogP contribution in [0.3, 0.4) is 0 Å². The summed E-state index contributed by atoms with van der Waals surface area (Å²) in [5.74, 6) is -0.539. The van der Waals surface area contributed by atoms with E-state index in [1.807, 2.05) is 0 Å². The van der Waals surface area contributed by atoms with Gasteiger partial charge in [-0.05, 0) is 27.7 Å². The summed E-state index contributed by atoms with van der Waals surface area (Å²) in [7, 11) is -3.93. The number of hydrogen-bond donors (Lipinski definition) is 1. The molecule has 0 aliphatic carbocycles. The zero-order chi connectivity index (χ0) is 15.4. The minimum Gasteiger partial charge on any atom is -0.324 e. The number of nitrogens with zero attached hydrogens (tertiary/aromatic N) is 1. The van der Waals surface area contributed by atoms with Gasteiger partial charge in [-0.1, -0.05) is 0 Å². The molecule has 1 aliphatic rings. The summed E-state index contributed by atoms with van der Waals surface area (Å²) < 4.78 is 21.6. The van der Waals surface area contributed by atoms with Gasteiger partial charge in [-0.25, -0.2) is 19.5 Å². The Bertz CT molecular complexity index is 414. The summed E-state index contributed by atoms with van der Waals surface area (Å²) in [4.78, 5) is 33.6. The van der Waals surface area contributed by atoms with Crippen molar-refractivity contribution in [2.24, 2.45) is 0 Å². The molecule has 0 bridgehead atoms. The van der Waals surface area contributed by atoms with Gasteiger partial charge in [-0.15, -0.1) is 9.35 Å². The van der Waals surface area contributed by atoms with Crippen LogP contribution in [0.2, 0.25) is 0 Å². The minimum absolute atomic E-state index is 0.116. The van der Waals surface area contributed by atoms with E-state index in [0.29, 0.717) is 0 Å². The topological polar surface area (TPSA) is 103 Å². The van der Waals surface area contributed by atoms with E-state index >= 15 is 0 Å². The predicted octanol–water partition coefficient (Wildman–Crippen LogP) is 1.40. The average molecular weight is 310 g/mol. The maximum Gasteiger partial charge on any atom is 0.403 e. The van der Waals surface area contributed by atoms with Gasteiger partial charge in [0, 0.05) is 0 Å². The van der Waals surface area contributed by atoms with Gasteiger partial charge in [-0.3, -0.25) is 9.36 Å². The number of carbonyl (C=O) groups excluding carboxylic acids is 2.